The van der Waals surface area contributed by atoms with E-state index in [0.29, 0.717) is 0 Å². The molecule has 1 aromatic heterocycles. The number of rotatable bonds is 4. The van der Waals surface area contributed by atoms with Crippen LogP contribution in [-0.2, 0) is 6.42 Å². The zero-order valence-corrected chi connectivity index (χ0v) is 11.8. The Morgan fingerprint density at radius 3 is 2.21 bits per heavy atom. The van der Waals surface area contributed by atoms with E-state index in [0.717, 1.165) is 23.5 Å². The summed E-state index contributed by atoms with van der Waals surface area (Å²) in [5.41, 5.74) is 10.3. The van der Waals surface area contributed by atoms with E-state index in [2.05, 4.69) is 47.1 Å². The number of anilines is 2. The largest absolute Gasteiger partial charge is 0.343 e. The number of nitrogens with two attached hydrogens (primary N) is 1. The molecule has 0 radical (unpaired) electrons. The number of nitrogens with zero attached hydrogens (tertiary/aromatic N) is 2. The highest BCUT2D eigenvalue weighted by Crippen LogP contribution is 2.23. The predicted octanol–water partition coefficient (Wildman–Crippen LogP) is 3.43. The first-order valence-corrected chi connectivity index (χ1v) is 6.66. The minimum atomic E-state index is -0.0248. The van der Waals surface area contributed by atoms with Crippen molar-refractivity contribution in [3.63, 3.8) is 0 Å². The van der Waals surface area contributed by atoms with Crippen LogP contribution in [0.1, 0.15) is 31.1 Å². The van der Waals surface area contributed by atoms with Gasteiger partial charge in [-0.15, -0.1) is 0 Å². The van der Waals surface area contributed by atoms with Crippen molar-refractivity contribution in [3.8, 4) is 0 Å². The van der Waals surface area contributed by atoms with E-state index in [9.17, 15) is 0 Å². The maximum Gasteiger partial charge on any atom is 0.0594 e. The van der Waals surface area contributed by atoms with Gasteiger partial charge in [-0.2, -0.15) is 0 Å². The van der Waals surface area contributed by atoms with Gasteiger partial charge in [0.2, 0.25) is 0 Å². The van der Waals surface area contributed by atoms with Crippen molar-refractivity contribution >= 4 is 11.4 Å². The van der Waals surface area contributed by atoms with E-state index in [-0.39, 0.29) is 6.04 Å². The van der Waals surface area contributed by atoms with Crippen LogP contribution in [0.5, 0.6) is 0 Å². The highest BCUT2D eigenvalue weighted by Gasteiger charge is 2.06. The number of aromatic nitrogens is 1. The monoisotopic (exact) mass is 255 g/mol. The molecule has 0 saturated carbocycles. The number of hydrogen-bond acceptors (Lipinski definition) is 3. The van der Waals surface area contributed by atoms with Gasteiger partial charge in [0.1, 0.15) is 0 Å². The zero-order valence-electron chi connectivity index (χ0n) is 11.8. The van der Waals surface area contributed by atoms with Gasteiger partial charge in [-0.3, -0.25) is 4.98 Å². The molecule has 0 aliphatic rings. The molecule has 1 atom stereocenters. The lowest BCUT2D eigenvalue weighted by Gasteiger charge is -2.20. The van der Waals surface area contributed by atoms with Crippen molar-refractivity contribution in [2.24, 2.45) is 5.73 Å². The average Bonchev–Trinajstić information content (AvgIpc) is 2.46. The Kier molecular flexibility index (Phi) is 4.17. The van der Waals surface area contributed by atoms with Gasteiger partial charge in [0.25, 0.3) is 0 Å². The van der Waals surface area contributed by atoms with Crippen molar-refractivity contribution < 1.29 is 0 Å². The lowest BCUT2D eigenvalue weighted by atomic mass is 10.1. The fourth-order valence-electron chi connectivity index (χ4n) is 1.97. The summed E-state index contributed by atoms with van der Waals surface area (Å²) in [4.78, 5) is 6.51. The maximum absolute atomic E-state index is 5.81. The predicted molar refractivity (Wildman–Crippen MR) is 80.7 cm³/mol. The summed E-state index contributed by atoms with van der Waals surface area (Å²) in [6, 6.07) is 12.6. The Morgan fingerprint density at radius 1 is 1.11 bits per heavy atom. The molecule has 2 N–H and O–H groups in total. The van der Waals surface area contributed by atoms with Crippen LogP contribution < -0.4 is 10.6 Å². The normalized spacial score (nSPS) is 12.2. The van der Waals surface area contributed by atoms with E-state index in [4.69, 9.17) is 5.73 Å². The smallest absolute Gasteiger partial charge is 0.0594 e. The third-order valence-corrected chi connectivity index (χ3v) is 3.36. The third-order valence-electron chi connectivity index (χ3n) is 3.36. The summed E-state index contributed by atoms with van der Waals surface area (Å²) in [7, 11) is 2.05. The highest BCUT2D eigenvalue weighted by atomic mass is 15.1. The summed E-state index contributed by atoms with van der Waals surface area (Å²) in [6.07, 6.45) is 2.93. The molecule has 1 aromatic carbocycles. The summed E-state index contributed by atoms with van der Waals surface area (Å²) in [5, 5.41) is 0. The van der Waals surface area contributed by atoms with Gasteiger partial charge < -0.3 is 10.6 Å². The molecule has 0 amide bonds. The van der Waals surface area contributed by atoms with Crippen LogP contribution in [-0.4, -0.2) is 12.0 Å². The van der Waals surface area contributed by atoms with Gasteiger partial charge in [-0.25, -0.2) is 0 Å². The third kappa shape index (κ3) is 3.12. The summed E-state index contributed by atoms with van der Waals surface area (Å²) >= 11 is 0. The SMILES string of the molecule is CCc1ccc(N(C)c2ccc(C(C)N)nc2)cc1. The Labute approximate surface area is 115 Å². The van der Waals surface area contributed by atoms with Crippen molar-refractivity contribution in [3.05, 3.63) is 53.9 Å². The minimum absolute atomic E-state index is 0.0248. The van der Waals surface area contributed by atoms with Gasteiger partial charge in [-0.1, -0.05) is 19.1 Å². The Hall–Kier alpha value is -1.87. The Morgan fingerprint density at radius 2 is 1.74 bits per heavy atom. The van der Waals surface area contributed by atoms with Gasteiger partial charge in [0, 0.05) is 18.8 Å². The molecule has 3 nitrogen and oxygen atoms in total. The molecular weight excluding hydrogens is 234 g/mol. The first-order chi connectivity index (χ1) is 9.11. The number of pyridine rings is 1. The summed E-state index contributed by atoms with van der Waals surface area (Å²) in [6.45, 7) is 4.10. The second-order valence-electron chi connectivity index (χ2n) is 4.81. The fraction of sp³-hybridized carbons (Fsp3) is 0.312. The van der Waals surface area contributed by atoms with Crippen LogP contribution in [0.25, 0.3) is 0 Å². The fourth-order valence-corrected chi connectivity index (χ4v) is 1.97. The molecule has 100 valence electrons. The Balaban J connectivity index is 2.20. The molecule has 2 aromatic rings. The van der Waals surface area contributed by atoms with Crippen molar-refractivity contribution in [2.45, 2.75) is 26.3 Å². The van der Waals surface area contributed by atoms with E-state index >= 15 is 0 Å². The van der Waals surface area contributed by atoms with Crippen LogP contribution >= 0.6 is 0 Å². The molecule has 0 saturated heterocycles. The molecule has 0 bridgehead atoms. The first-order valence-electron chi connectivity index (χ1n) is 6.66. The highest BCUT2D eigenvalue weighted by molar-refractivity contribution is 5.61. The van der Waals surface area contributed by atoms with Crippen molar-refractivity contribution in [2.75, 3.05) is 11.9 Å². The lowest BCUT2D eigenvalue weighted by molar-refractivity contribution is 0.781. The molecule has 19 heavy (non-hydrogen) atoms. The van der Waals surface area contributed by atoms with E-state index in [1.165, 1.54) is 5.56 Å². The van der Waals surface area contributed by atoms with Gasteiger partial charge in [0.15, 0.2) is 0 Å². The number of benzene rings is 1. The van der Waals surface area contributed by atoms with Crippen molar-refractivity contribution in [1.82, 2.24) is 4.98 Å². The summed E-state index contributed by atoms with van der Waals surface area (Å²) < 4.78 is 0. The molecule has 2 rings (SSSR count). The molecule has 0 aliphatic carbocycles. The van der Waals surface area contributed by atoms with Crippen LogP contribution in [0.15, 0.2) is 42.6 Å². The van der Waals surface area contributed by atoms with E-state index < -0.39 is 0 Å². The molecule has 1 unspecified atom stereocenters. The van der Waals surface area contributed by atoms with Crippen LogP contribution in [0.4, 0.5) is 11.4 Å². The number of aryl methyl sites for hydroxylation is 1. The minimum Gasteiger partial charge on any atom is -0.343 e. The van der Waals surface area contributed by atoms with Gasteiger partial charge >= 0.3 is 0 Å². The molecular formula is C16H21N3. The van der Waals surface area contributed by atoms with Gasteiger partial charge in [-0.05, 0) is 43.2 Å². The topological polar surface area (TPSA) is 42.1 Å². The van der Waals surface area contributed by atoms with Crippen LogP contribution in [0, 0.1) is 0 Å². The van der Waals surface area contributed by atoms with Gasteiger partial charge in [0.05, 0.1) is 17.6 Å². The first kappa shape index (κ1) is 13.6. The molecule has 0 aliphatic heterocycles. The zero-order chi connectivity index (χ0) is 13.8. The Bertz CT molecular complexity index is 515. The van der Waals surface area contributed by atoms with Crippen LogP contribution in [0.2, 0.25) is 0 Å². The van der Waals surface area contributed by atoms with E-state index in [1.807, 2.05) is 26.2 Å². The van der Waals surface area contributed by atoms with Crippen LogP contribution in [0.3, 0.4) is 0 Å². The number of hydrogen-bond donors (Lipinski definition) is 1. The van der Waals surface area contributed by atoms with Crippen molar-refractivity contribution in [1.29, 1.82) is 0 Å². The quantitative estimate of drug-likeness (QED) is 0.910. The second kappa shape index (κ2) is 5.85. The average molecular weight is 255 g/mol. The molecule has 0 fully saturated rings. The molecule has 3 heteroatoms. The standard InChI is InChI=1S/C16H21N3/c1-4-13-5-7-14(8-6-13)19(3)15-9-10-16(12(2)17)18-11-15/h5-12H,4,17H2,1-3H3. The second-order valence-corrected chi connectivity index (χ2v) is 4.81. The molecule has 0 spiro atoms. The lowest BCUT2D eigenvalue weighted by Crippen LogP contribution is -2.11. The van der Waals surface area contributed by atoms with E-state index in [1.54, 1.807) is 0 Å². The molecule has 1 heterocycles. The maximum atomic E-state index is 5.81. The summed E-state index contributed by atoms with van der Waals surface area (Å²) in [5.74, 6) is 0.